The molecular formula is C43H80BrKN3O16+. The van der Waals surface area contributed by atoms with Crippen molar-refractivity contribution < 1.29 is 128 Å². The molecule has 2 amide bonds. The molecular weight excluding hydrogens is 933 g/mol. The molecule has 6 unspecified atom stereocenters. The fourth-order valence-electron chi connectivity index (χ4n) is 3.42. The van der Waals surface area contributed by atoms with E-state index >= 15 is 0 Å². The van der Waals surface area contributed by atoms with Gasteiger partial charge in [0.25, 0.3) is 0 Å². The van der Waals surface area contributed by atoms with Crippen LogP contribution < -0.4 is 56.7 Å². The Bertz CT molecular complexity index is 1410. The number of esters is 6. The molecule has 0 fully saturated rings. The summed E-state index contributed by atoms with van der Waals surface area (Å²) in [5, 5.41) is 12.6. The van der Waals surface area contributed by atoms with E-state index in [2.05, 4.69) is 28.2 Å². The number of hydrogen-bond acceptors (Lipinski definition) is 16. The molecule has 6 atom stereocenters. The summed E-state index contributed by atoms with van der Waals surface area (Å²) in [6, 6.07) is -2.30. The number of carbonyl (C=O) groups excluding carboxylic acids is 7. The molecule has 370 valence electrons. The van der Waals surface area contributed by atoms with Crippen molar-refractivity contribution in [3.8, 4) is 0 Å². The number of rotatable bonds is 17. The molecule has 0 aromatic rings. The van der Waals surface area contributed by atoms with Gasteiger partial charge in [-0.05, 0) is 124 Å². The van der Waals surface area contributed by atoms with Crippen LogP contribution in [0.1, 0.15) is 143 Å². The summed E-state index contributed by atoms with van der Waals surface area (Å²) >= 11 is 3.31. The van der Waals surface area contributed by atoms with Gasteiger partial charge in [0.05, 0.1) is 6.61 Å². The minimum atomic E-state index is -1.26. The van der Waals surface area contributed by atoms with E-state index in [1.807, 2.05) is 6.92 Å². The van der Waals surface area contributed by atoms with Crippen LogP contribution >= 0.6 is 15.9 Å². The van der Waals surface area contributed by atoms with Crippen LogP contribution in [0.5, 0.6) is 0 Å². The van der Waals surface area contributed by atoms with Gasteiger partial charge in [-0.25, -0.2) is 33.6 Å². The van der Waals surface area contributed by atoms with Gasteiger partial charge in [0.15, 0.2) is 18.3 Å². The molecule has 0 saturated carbocycles. The molecule has 0 rings (SSSR count). The average Bonchev–Trinajstić information content (AvgIpc) is 3.15. The zero-order valence-corrected chi connectivity index (χ0v) is 47.3. The molecule has 0 saturated heterocycles. The Morgan fingerprint density at radius 1 is 0.562 bits per heavy atom. The molecule has 0 aliphatic heterocycles. The molecule has 0 heterocycles. The molecule has 21 heteroatoms. The number of likely N-dealkylation sites (N-methyl/N-ethyl adjacent to an activating group) is 3. The number of halogens is 1. The maximum absolute atomic E-state index is 12.0. The van der Waals surface area contributed by atoms with Crippen molar-refractivity contribution in [2.24, 2.45) is 0 Å². The van der Waals surface area contributed by atoms with Gasteiger partial charge >= 0.3 is 99.4 Å². The minimum absolute atomic E-state index is 0. The second-order valence-electron chi connectivity index (χ2n) is 17.2. The number of carboxylic acid groups (broad SMARTS) is 1. The Balaban J connectivity index is -0.000000259. The standard InChI is InChI=1S/C16H29NO6.C12H21NO6.C11H21NO4.C4H9Br.K/c1-8-9-10-21-15(20)17(7)11(2)13(18)22-12(3)14(19)23-16(4,5)6;1-7(13(6)11(16)17)9(14)18-8(2)10(15)19-12(3,4)5;1-7(12-6)9(13)15-8(2)10(14)16-11(3,4)5;1-2-3-4-5;/h11-12H,8-10H2,1-7H3;7-8H,1-6H3,(H,16,17);7-8,12H,1-6H3;2-4H2,1H3;/q;;;;+1. The van der Waals surface area contributed by atoms with E-state index in [0.29, 0.717) is 6.61 Å². The van der Waals surface area contributed by atoms with Crippen molar-refractivity contribution in [1.82, 2.24) is 15.1 Å². The van der Waals surface area contributed by atoms with Crippen molar-refractivity contribution >= 4 is 63.9 Å². The van der Waals surface area contributed by atoms with Gasteiger partial charge in [0.1, 0.15) is 34.9 Å². The number of nitrogens with zero attached hydrogens (tertiary/aromatic N) is 2. The van der Waals surface area contributed by atoms with E-state index in [1.54, 1.807) is 76.3 Å². The van der Waals surface area contributed by atoms with E-state index < -0.39 is 101 Å². The Morgan fingerprint density at radius 2 is 0.875 bits per heavy atom. The zero-order valence-electron chi connectivity index (χ0n) is 42.6. The minimum Gasteiger partial charge on any atom is -0.465 e. The summed E-state index contributed by atoms with van der Waals surface area (Å²) in [4.78, 5) is 94.3. The molecule has 0 bridgehead atoms. The predicted octanol–water partition coefficient (Wildman–Crippen LogP) is 3.83. The SMILES string of the molecule is CC(OC(=O)C(C)N(C)C(=O)O)C(=O)OC(C)(C)C.CCCCBr.CCCCOC(=O)N(C)C(C)C(=O)OC(C)C(=O)OC(C)(C)C.CNC(C)C(=O)OC(C)C(=O)OC(C)(C)C.[K+]. The molecule has 19 nitrogen and oxygen atoms in total. The van der Waals surface area contributed by atoms with Crippen LogP contribution in [0.15, 0.2) is 0 Å². The van der Waals surface area contributed by atoms with Crippen LogP contribution in [0.4, 0.5) is 9.59 Å². The first kappa shape index (κ1) is 70.5. The van der Waals surface area contributed by atoms with Crippen molar-refractivity contribution in [2.45, 2.75) is 197 Å². The first-order valence-corrected chi connectivity index (χ1v) is 22.0. The molecule has 0 aliphatic carbocycles. The van der Waals surface area contributed by atoms with E-state index in [0.717, 1.165) is 28.0 Å². The third kappa shape index (κ3) is 37.6. The summed E-state index contributed by atoms with van der Waals surface area (Å²) in [6.45, 7) is 28.8. The molecule has 0 spiro atoms. The first-order chi connectivity index (χ1) is 28.5. The Labute approximate surface area is 433 Å². The number of unbranched alkanes of at least 4 members (excludes halogenated alkanes) is 2. The number of nitrogens with one attached hydrogen (secondary N) is 1. The number of hydrogen-bond donors (Lipinski definition) is 2. The van der Waals surface area contributed by atoms with Gasteiger partial charge in [-0.1, -0.05) is 42.6 Å². The third-order valence-electron chi connectivity index (χ3n) is 7.53. The van der Waals surface area contributed by atoms with Crippen LogP contribution in [0.25, 0.3) is 0 Å². The zero-order chi connectivity index (χ0) is 50.6. The van der Waals surface area contributed by atoms with Gasteiger partial charge in [0.2, 0.25) is 0 Å². The van der Waals surface area contributed by atoms with Crippen molar-refractivity contribution in [3.63, 3.8) is 0 Å². The summed E-state index contributed by atoms with van der Waals surface area (Å²) < 4.78 is 35.1. The fourth-order valence-corrected chi connectivity index (χ4v) is 3.98. The number of amides is 2. The predicted molar refractivity (Wildman–Crippen MR) is 240 cm³/mol. The smallest absolute Gasteiger partial charge is 0.465 e. The van der Waals surface area contributed by atoms with Crippen molar-refractivity contribution in [1.29, 1.82) is 0 Å². The van der Waals surface area contributed by atoms with Crippen LogP contribution in [0.2, 0.25) is 0 Å². The average molecular weight is 1010 g/mol. The normalized spacial score (nSPS) is 13.6. The third-order valence-corrected chi connectivity index (χ3v) is 8.09. The quantitative estimate of drug-likeness (QED) is 0.0692. The Hall–Kier alpha value is -2.56. The number of alkyl halides is 1. The van der Waals surface area contributed by atoms with Crippen LogP contribution in [0.3, 0.4) is 0 Å². The molecule has 0 radical (unpaired) electrons. The monoisotopic (exact) mass is 1010 g/mol. The Kier molecular flexibility index (Phi) is 39.2. The summed E-state index contributed by atoms with van der Waals surface area (Å²) in [6.07, 6.45) is -0.615. The second kappa shape index (κ2) is 35.6. The van der Waals surface area contributed by atoms with E-state index in [-0.39, 0.29) is 51.4 Å². The summed E-state index contributed by atoms with van der Waals surface area (Å²) in [7, 11) is 4.33. The van der Waals surface area contributed by atoms with E-state index in [1.165, 1.54) is 61.6 Å². The van der Waals surface area contributed by atoms with E-state index in [4.69, 9.17) is 38.3 Å². The maximum atomic E-state index is 12.0. The van der Waals surface area contributed by atoms with Crippen LogP contribution in [-0.2, 0) is 61.9 Å². The van der Waals surface area contributed by atoms with Gasteiger partial charge in [-0.3, -0.25) is 14.6 Å². The molecule has 0 aliphatic rings. The van der Waals surface area contributed by atoms with Crippen LogP contribution in [-0.4, -0.2) is 149 Å². The summed E-state index contributed by atoms with van der Waals surface area (Å²) in [5.41, 5.74) is -1.92. The van der Waals surface area contributed by atoms with Crippen molar-refractivity contribution in [3.05, 3.63) is 0 Å². The molecule has 0 aromatic heterocycles. The van der Waals surface area contributed by atoms with E-state index in [9.17, 15) is 38.4 Å². The number of carbonyl (C=O) groups is 8. The fraction of sp³-hybridized carbons (Fsp3) is 0.814. The van der Waals surface area contributed by atoms with Gasteiger partial charge in [-0.2, -0.15) is 0 Å². The Morgan fingerprint density at radius 3 is 1.12 bits per heavy atom. The van der Waals surface area contributed by atoms with Gasteiger partial charge in [-0.15, -0.1) is 0 Å². The van der Waals surface area contributed by atoms with Gasteiger partial charge in [0, 0.05) is 19.4 Å². The van der Waals surface area contributed by atoms with Gasteiger partial charge < -0.3 is 43.6 Å². The second-order valence-corrected chi connectivity index (χ2v) is 18.0. The summed E-state index contributed by atoms with van der Waals surface area (Å²) in [5.74, 6) is -3.82. The molecule has 2 N–H and O–H groups in total. The molecule has 64 heavy (non-hydrogen) atoms. The van der Waals surface area contributed by atoms with Crippen molar-refractivity contribution in [2.75, 3.05) is 33.1 Å². The first-order valence-electron chi connectivity index (χ1n) is 20.9. The largest absolute Gasteiger partial charge is 1.00 e. The maximum Gasteiger partial charge on any atom is 1.00 e. The topological polar surface area (TPSA) is 240 Å². The van der Waals surface area contributed by atoms with Crippen LogP contribution in [0, 0.1) is 0 Å². The molecule has 0 aromatic carbocycles. The number of ether oxygens (including phenoxy) is 7.